The minimum atomic E-state index is -4.23. The van der Waals surface area contributed by atoms with E-state index in [1.807, 2.05) is 4.90 Å². The molecule has 0 spiro atoms. The topological polar surface area (TPSA) is 234 Å². The average molecular weight is 794 g/mol. The summed E-state index contributed by atoms with van der Waals surface area (Å²) in [7, 11) is -1.11. The van der Waals surface area contributed by atoms with E-state index in [1.165, 1.54) is 75.0 Å². The monoisotopic (exact) mass is 793 g/mol. The molecule has 5 rings (SSSR count). The predicted octanol–water partition coefficient (Wildman–Crippen LogP) is 4.04. The lowest BCUT2D eigenvalue weighted by Gasteiger charge is -2.53. The SMILES string of the molecule is CCCCCCCCCCCCOS(=O)(=O)O.CN(C)[C@@H]1C(=O)C(C(=O)NCN2CCCC2)=C(O)[C@@]2(O)C(=O)C3=C(O)c4c(O)cccc4[C@@](C)(O)C3C[C@@H]12. The molecule has 1 saturated heterocycles. The lowest BCUT2D eigenvalue weighted by Crippen LogP contribution is -2.67. The van der Waals surface area contributed by atoms with E-state index in [0.29, 0.717) is 6.42 Å². The summed E-state index contributed by atoms with van der Waals surface area (Å²) < 4.78 is 33.0. The number of aliphatic hydroxyl groups is 4. The average Bonchev–Trinajstić information content (AvgIpc) is 3.64. The molecular formula is C39H59N3O12S. The number of carbonyl (C=O) groups is 3. The zero-order valence-electron chi connectivity index (χ0n) is 32.4. The van der Waals surface area contributed by atoms with Gasteiger partial charge in [0.15, 0.2) is 11.4 Å². The maximum atomic E-state index is 14.0. The second kappa shape index (κ2) is 18.7. The van der Waals surface area contributed by atoms with Gasteiger partial charge in [0, 0.05) is 17.4 Å². The van der Waals surface area contributed by atoms with Crippen LogP contribution in [-0.4, -0.2) is 118 Å². The molecule has 4 aliphatic rings. The van der Waals surface area contributed by atoms with Crippen molar-refractivity contribution in [3.8, 4) is 5.75 Å². The first-order valence-electron chi connectivity index (χ1n) is 19.4. The van der Waals surface area contributed by atoms with Crippen molar-refractivity contribution in [3.05, 3.63) is 46.2 Å². The molecule has 1 aromatic carbocycles. The van der Waals surface area contributed by atoms with Gasteiger partial charge in [0.2, 0.25) is 5.78 Å². The lowest BCUT2D eigenvalue weighted by atomic mass is 9.54. The number of nitrogens with zero attached hydrogens (tertiary/aromatic N) is 2. The highest BCUT2D eigenvalue weighted by Gasteiger charge is 2.66. The van der Waals surface area contributed by atoms with Crippen LogP contribution >= 0.6 is 0 Å². The number of benzene rings is 1. The lowest BCUT2D eigenvalue weighted by molar-refractivity contribution is -0.159. The summed E-state index contributed by atoms with van der Waals surface area (Å²) in [5.41, 5.74) is -5.54. The number of nitrogens with one attached hydrogen (secondary N) is 1. The number of carbonyl (C=O) groups excluding carboxylic acids is 3. The van der Waals surface area contributed by atoms with Crippen LogP contribution < -0.4 is 5.32 Å². The minimum Gasteiger partial charge on any atom is -0.508 e. The van der Waals surface area contributed by atoms with Crippen LogP contribution in [0.3, 0.4) is 0 Å². The van der Waals surface area contributed by atoms with Gasteiger partial charge in [0.1, 0.15) is 22.8 Å². The van der Waals surface area contributed by atoms with Crippen LogP contribution in [0.1, 0.15) is 108 Å². The van der Waals surface area contributed by atoms with Crippen molar-refractivity contribution in [1.82, 2.24) is 15.1 Å². The Hall–Kier alpha value is -3.38. The number of Topliss-reactive ketones (excluding diaryl/α,β-unsaturated/α-hetero) is 2. The molecule has 0 aromatic heterocycles. The van der Waals surface area contributed by atoms with Crippen LogP contribution in [0.5, 0.6) is 5.75 Å². The van der Waals surface area contributed by atoms with Crippen molar-refractivity contribution in [2.75, 3.05) is 40.5 Å². The number of rotatable bonds is 16. The van der Waals surface area contributed by atoms with Crippen LogP contribution in [0.4, 0.5) is 0 Å². The first-order valence-corrected chi connectivity index (χ1v) is 20.8. The Balaban J connectivity index is 0.000000335. The van der Waals surface area contributed by atoms with Crippen molar-refractivity contribution in [1.29, 1.82) is 0 Å². The number of hydrogen-bond acceptors (Lipinski definition) is 13. The van der Waals surface area contributed by atoms with Gasteiger partial charge in [-0.2, -0.15) is 8.42 Å². The fourth-order valence-electron chi connectivity index (χ4n) is 8.45. The van der Waals surface area contributed by atoms with E-state index in [9.17, 15) is 48.3 Å². The van der Waals surface area contributed by atoms with E-state index in [4.69, 9.17) is 4.55 Å². The number of phenolic OH excluding ortho intramolecular Hbond substituents is 1. The molecule has 1 heterocycles. The number of phenols is 1. The number of amides is 1. The third-order valence-electron chi connectivity index (χ3n) is 11.4. The highest BCUT2D eigenvalue weighted by molar-refractivity contribution is 7.80. The van der Waals surface area contributed by atoms with Crippen molar-refractivity contribution < 1.29 is 57.1 Å². The summed E-state index contributed by atoms with van der Waals surface area (Å²) in [6.45, 7) is 5.42. The van der Waals surface area contributed by atoms with Crippen molar-refractivity contribution in [3.63, 3.8) is 0 Å². The van der Waals surface area contributed by atoms with Crippen LogP contribution in [-0.2, 0) is 34.6 Å². The molecule has 16 heteroatoms. The Morgan fingerprint density at radius 2 is 1.55 bits per heavy atom. The summed E-state index contributed by atoms with van der Waals surface area (Å²) in [6.07, 6.45) is 13.6. The first-order chi connectivity index (χ1) is 25.9. The molecule has 0 radical (unpaired) electrons. The van der Waals surface area contributed by atoms with Gasteiger partial charge in [-0.25, -0.2) is 4.18 Å². The number of unbranched alkanes of at least 4 members (excludes halogenated alkanes) is 9. The normalized spacial score (nSPS) is 26.7. The van der Waals surface area contributed by atoms with Gasteiger partial charge in [-0.15, -0.1) is 0 Å². The first kappa shape index (κ1) is 44.3. The number of hydrogen-bond donors (Lipinski definition) is 7. The molecule has 1 amide bonds. The van der Waals surface area contributed by atoms with Gasteiger partial charge in [-0.05, 0) is 71.4 Å². The molecule has 1 aromatic rings. The summed E-state index contributed by atoms with van der Waals surface area (Å²) in [4.78, 5) is 44.3. The van der Waals surface area contributed by atoms with E-state index < -0.39 is 74.0 Å². The summed E-state index contributed by atoms with van der Waals surface area (Å²) >= 11 is 0. The van der Waals surface area contributed by atoms with Crippen LogP contribution in [0.15, 0.2) is 35.1 Å². The molecule has 308 valence electrons. The maximum absolute atomic E-state index is 14.0. The third kappa shape index (κ3) is 9.78. The van der Waals surface area contributed by atoms with E-state index in [1.54, 1.807) is 14.1 Å². The van der Waals surface area contributed by atoms with Gasteiger partial charge in [0.05, 0.1) is 30.5 Å². The number of aromatic hydroxyl groups is 1. The Morgan fingerprint density at radius 1 is 0.964 bits per heavy atom. The Kier molecular flexibility index (Phi) is 15.1. The molecule has 7 N–H and O–H groups in total. The predicted molar refractivity (Wildman–Crippen MR) is 204 cm³/mol. The Morgan fingerprint density at radius 3 is 2.11 bits per heavy atom. The van der Waals surface area contributed by atoms with Crippen molar-refractivity contribution in [2.24, 2.45) is 11.8 Å². The van der Waals surface area contributed by atoms with Crippen LogP contribution in [0.2, 0.25) is 0 Å². The molecule has 5 atom stereocenters. The highest BCUT2D eigenvalue weighted by Crippen LogP contribution is 2.57. The van der Waals surface area contributed by atoms with Gasteiger partial charge < -0.3 is 30.8 Å². The van der Waals surface area contributed by atoms with Gasteiger partial charge in [0.25, 0.3) is 5.91 Å². The minimum absolute atomic E-state index is 0.0926. The zero-order chi connectivity index (χ0) is 40.7. The maximum Gasteiger partial charge on any atom is 0.397 e. The molecule has 55 heavy (non-hydrogen) atoms. The molecule has 1 unspecified atom stereocenters. The van der Waals surface area contributed by atoms with Crippen molar-refractivity contribution >= 4 is 33.6 Å². The van der Waals surface area contributed by atoms with Crippen molar-refractivity contribution in [2.45, 2.75) is 115 Å². The molecule has 1 saturated carbocycles. The molecular weight excluding hydrogens is 735 g/mol. The number of likely N-dealkylation sites (N-methyl/N-ethyl adjacent to an activating group) is 1. The number of likely N-dealkylation sites (tertiary alicyclic amines) is 1. The third-order valence-corrected chi connectivity index (χ3v) is 11.9. The number of ketones is 2. The van der Waals surface area contributed by atoms with E-state index in [0.717, 1.165) is 38.8 Å². The van der Waals surface area contributed by atoms with Gasteiger partial charge >= 0.3 is 10.4 Å². The van der Waals surface area contributed by atoms with Crippen LogP contribution in [0.25, 0.3) is 5.76 Å². The summed E-state index contributed by atoms with van der Waals surface area (Å²) in [6, 6.07) is 3.12. The largest absolute Gasteiger partial charge is 0.508 e. The molecule has 1 aliphatic heterocycles. The Labute approximate surface area is 324 Å². The standard InChI is InChI=1S/C27H33N3O8.C12H26O4S/c1-26(37)13-7-6-8-16(31)17(13)21(32)18-14(26)11-15-20(29(2)3)22(33)19(24(35)27(15,38)23(18)34)25(36)28-12-30-9-4-5-10-30;1-2-3-4-5-6-7-8-9-10-11-12-16-17(13,14)15/h6-8,14-15,20,31-32,35,37-38H,4-5,9-12H2,1-3H3,(H,28,36);2-12H2,1H3,(H,13,14,15)/t14?,15-,20-,26+,27-;/m0./s1. The second-order valence-electron chi connectivity index (χ2n) is 15.5. The number of aliphatic hydroxyl groups excluding tert-OH is 2. The highest BCUT2D eigenvalue weighted by atomic mass is 32.3. The summed E-state index contributed by atoms with van der Waals surface area (Å²) in [5.74, 6) is -7.17. The molecule has 15 nitrogen and oxygen atoms in total. The van der Waals surface area contributed by atoms with Crippen LogP contribution in [0, 0.1) is 11.8 Å². The molecule has 0 bridgehead atoms. The van der Waals surface area contributed by atoms with Gasteiger partial charge in [-0.1, -0.05) is 76.8 Å². The Bertz CT molecular complexity index is 1730. The smallest absolute Gasteiger partial charge is 0.397 e. The second-order valence-corrected chi connectivity index (χ2v) is 16.6. The fourth-order valence-corrected chi connectivity index (χ4v) is 8.78. The van der Waals surface area contributed by atoms with E-state index >= 15 is 0 Å². The summed E-state index contributed by atoms with van der Waals surface area (Å²) in [5, 5.41) is 59.0. The zero-order valence-corrected chi connectivity index (χ0v) is 33.2. The molecule has 2 fully saturated rings. The van der Waals surface area contributed by atoms with E-state index in [2.05, 4.69) is 16.4 Å². The fraction of sp³-hybridized carbons (Fsp3) is 0.667. The quantitative estimate of drug-likeness (QED) is 0.0712. The van der Waals surface area contributed by atoms with E-state index in [-0.39, 0.29) is 42.1 Å². The molecule has 3 aliphatic carbocycles. The number of fused-ring (bicyclic) bond motifs is 3. The van der Waals surface area contributed by atoms with Gasteiger partial charge in [-0.3, -0.25) is 28.7 Å².